The zero-order chi connectivity index (χ0) is 29.9. The molecule has 4 rings (SSSR count). The first-order valence-electron chi connectivity index (χ1n) is 11.7. The van der Waals surface area contributed by atoms with Gasteiger partial charge in [0.2, 0.25) is 5.91 Å². The van der Waals surface area contributed by atoms with Crippen molar-refractivity contribution in [2.45, 2.75) is 16.7 Å². The molecule has 0 unspecified atom stereocenters. The van der Waals surface area contributed by atoms with Gasteiger partial charge in [-0.05, 0) is 73.7 Å². The second-order valence-electron chi connectivity index (χ2n) is 8.73. The summed E-state index contributed by atoms with van der Waals surface area (Å²) in [5, 5.41) is 3.16. The third-order valence-corrected chi connectivity index (χ3v) is 10.1. The molecular formula is C27H21Cl4N3O5S2. The highest BCUT2D eigenvalue weighted by molar-refractivity contribution is 7.93. The molecule has 4 aromatic rings. The fourth-order valence-corrected chi connectivity index (χ4v) is 7.14. The maximum absolute atomic E-state index is 13.6. The van der Waals surface area contributed by atoms with Gasteiger partial charge in [0.1, 0.15) is 6.54 Å². The molecule has 2 N–H and O–H groups in total. The standard InChI is InChI=1S/C27H21Cl4N3O5S2/c1-17-5-9-23(10-6-17)41(38,39)34(25-4-2-3-24(30)27(25)31)16-26(35)32-20-7-11-22(12-8-20)40(36,37)33-21-14-18(28)13-19(29)15-21/h2-15,33H,16H2,1H3,(H,32,35). The number of benzene rings is 4. The minimum Gasteiger partial charge on any atom is -0.325 e. The minimum atomic E-state index is -4.24. The maximum Gasteiger partial charge on any atom is 0.264 e. The van der Waals surface area contributed by atoms with Crippen LogP contribution >= 0.6 is 46.4 Å². The third-order valence-electron chi connectivity index (χ3n) is 5.66. The van der Waals surface area contributed by atoms with Gasteiger partial charge >= 0.3 is 0 Å². The van der Waals surface area contributed by atoms with Crippen molar-refractivity contribution in [2.24, 2.45) is 0 Å². The molecular weight excluding hydrogens is 652 g/mol. The van der Waals surface area contributed by atoms with Crippen molar-refractivity contribution < 1.29 is 21.6 Å². The number of anilines is 3. The van der Waals surface area contributed by atoms with Crippen molar-refractivity contribution in [3.8, 4) is 0 Å². The van der Waals surface area contributed by atoms with Crippen LogP contribution in [0.4, 0.5) is 17.1 Å². The molecule has 214 valence electrons. The molecule has 0 bridgehead atoms. The number of halogens is 4. The number of aryl methyl sites for hydroxylation is 1. The summed E-state index contributed by atoms with van der Waals surface area (Å²) in [6, 6.07) is 20.1. The first-order valence-corrected chi connectivity index (χ1v) is 16.1. The lowest BCUT2D eigenvalue weighted by atomic mass is 10.2. The average molecular weight is 673 g/mol. The van der Waals surface area contributed by atoms with Crippen molar-refractivity contribution in [3.05, 3.63) is 111 Å². The van der Waals surface area contributed by atoms with Gasteiger partial charge in [-0.15, -0.1) is 0 Å². The molecule has 0 heterocycles. The predicted molar refractivity (Wildman–Crippen MR) is 165 cm³/mol. The van der Waals surface area contributed by atoms with E-state index in [0.29, 0.717) is 0 Å². The number of hydrogen-bond acceptors (Lipinski definition) is 5. The molecule has 0 aliphatic carbocycles. The van der Waals surface area contributed by atoms with E-state index in [0.717, 1.165) is 9.87 Å². The Morgan fingerprint density at radius 3 is 1.95 bits per heavy atom. The zero-order valence-electron chi connectivity index (χ0n) is 21.1. The Bertz CT molecular complexity index is 1800. The molecule has 0 aliphatic heterocycles. The summed E-state index contributed by atoms with van der Waals surface area (Å²) in [5.41, 5.74) is 1.27. The summed E-state index contributed by atoms with van der Waals surface area (Å²) >= 11 is 24.4. The lowest BCUT2D eigenvalue weighted by molar-refractivity contribution is -0.114. The molecule has 8 nitrogen and oxygen atoms in total. The summed E-state index contributed by atoms with van der Waals surface area (Å²) in [4.78, 5) is 12.9. The van der Waals surface area contributed by atoms with Crippen LogP contribution < -0.4 is 14.3 Å². The third kappa shape index (κ3) is 7.45. The van der Waals surface area contributed by atoms with Crippen LogP contribution in [0.5, 0.6) is 0 Å². The zero-order valence-corrected chi connectivity index (χ0v) is 25.8. The summed E-state index contributed by atoms with van der Waals surface area (Å²) < 4.78 is 56.0. The topological polar surface area (TPSA) is 113 Å². The Morgan fingerprint density at radius 2 is 1.34 bits per heavy atom. The van der Waals surface area contributed by atoms with Crippen LogP contribution in [0, 0.1) is 6.92 Å². The van der Waals surface area contributed by atoms with Gasteiger partial charge in [-0.25, -0.2) is 16.8 Å². The number of nitrogens with zero attached hydrogens (tertiary/aromatic N) is 1. The molecule has 4 aromatic carbocycles. The molecule has 0 aromatic heterocycles. The van der Waals surface area contributed by atoms with Crippen molar-refractivity contribution >= 4 is 89.4 Å². The SMILES string of the molecule is Cc1ccc(S(=O)(=O)N(CC(=O)Nc2ccc(S(=O)(=O)Nc3cc(Cl)cc(Cl)c3)cc2)c2cccc(Cl)c2Cl)cc1. The number of carbonyl (C=O) groups excluding carboxylic acids is 1. The van der Waals surface area contributed by atoms with Crippen LogP contribution in [0.3, 0.4) is 0 Å². The fourth-order valence-electron chi connectivity index (χ4n) is 3.70. The maximum atomic E-state index is 13.6. The van der Waals surface area contributed by atoms with E-state index in [9.17, 15) is 21.6 Å². The Labute approximate surface area is 257 Å². The van der Waals surface area contributed by atoms with Gasteiger partial charge in [-0.3, -0.25) is 13.8 Å². The number of carbonyl (C=O) groups is 1. The summed E-state index contributed by atoms with van der Waals surface area (Å²) in [6.07, 6.45) is 0. The second kappa shape index (κ2) is 12.5. The quantitative estimate of drug-likeness (QED) is 0.195. The van der Waals surface area contributed by atoms with Crippen LogP contribution in [0.1, 0.15) is 5.56 Å². The van der Waals surface area contributed by atoms with Crippen LogP contribution in [0.25, 0.3) is 0 Å². The monoisotopic (exact) mass is 671 g/mol. The Hall–Kier alpha value is -2.99. The Morgan fingerprint density at radius 1 is 0.756 bits per heavy atom. The molecule has 41 heavy (non-hydrogen) atoms. The number of rotatable bonds is 9. The fraction of sp³-hybridized carbons (Fsp3) is 0.0741. The van der Waals surface area contributed by atoms with Gasteiger partial charge in [0.25, 0.3) is 20.0 Å². The normalized spacial score (nSPS) is 11.6. The van der Waals surface area contributed by atoms with E-state index in [2.05, 4.69) is 10.0 Å². The number of nitrogens with one attached hydrogen (secondary N) is 2. The summed E-state index contributed by atoms with van der Waals surface area (Å²) in [5.74, 6) is -0.709. The number of sulfonamides is 2. The minimum absolute atomic E-state index is 0.0172. The summed E-state index contributed by atoms with van der Waals surface area (Å²) in [7, 11) is -8.24. The second-order valence-corrected chi connectivity index (χ2v) is 13.9. The first kappa shape index (κ1) is 31.0. The Kier molecular flexibility index (Phi) is 9.42. The number of amides is 1. The van der Waals surface area contributed by atoms with E-state index in [1.165, 1.54) is 72.8 Å². The van der Waals surface area contributed by atoms with Gasteiger partial charge in [0.15, 0.2) is 0 Å². The molecule has 1 amide bonds. The van der Waals surface area contributed by atoms with Gasteiger partial charge in [0.05, 0.1) is 31.2 Å². The highest BCUT2D eigenvalue weighted by Gasteiger charge is 2.29. The van der Waals surface area contributed by atoms with Crippen molar-refractivity contribution in [3.63, 3.8) is 0 Å². The molecule has 0 aliphatic rings. The van der Waals surface area contributed by atoms with Gasteiger partial charge < -0.3 is 5.32 Å². The molecule has 0 radical (unpaired) electrons. The average Bonchev–Trinajstić information content (AvgIpc) is 2.89. The lowest BCUT2D eigenvalue weighted by Crippen LogP contribution is -2.38. The molecule has 0 spiro atoms. The van der Waals surface area contributed by atoms with Crippen LogP contribution in [0.2, 0.25) is 20.1 Å². The Balaban J connectivity index is 1.56. The smallest absolute Gasteiger partial charge is 0.264 e. The summed E-state index contributed by atoms with van der Waals surface area (Å²) in [6.45, 7) is 1.17. The largest absolute Gasteiger partial charge is 0.325 e. The van der Waals surface area contributed by atoms with E-state index >= 15 is 0 Å². The van der Waals surface area contributed by atoms with Crippen LogP contribution in [0.15, 0.2) is 94.7 Å². The van der Waals surface area contributed by atoms with E-state index in [4.69, 9.17) is 46.4 Å². The van der Waals surface area contributed by atoms with Crippen LogP contribution in [-0.4, -0.2) is 29.3 Å². The van der Waals surface area contributed by atoms with Crippen LogP contribution in [-0.2, 0) is 24.8 Å². The van der Waals surface area contributed by atoms with Gasteiger partial charge in [-0.2, -0.15) is 0 Å². The predicted octanol–water partition coefficient (Wildman–Crippen LogP) is 7.24. The molecule has 0 saturated carbocycles. The highest BCUT2D eigenvalue weighted by Crippen LogP contribution is 2.35. The molecule has 0 atom stereocenters. The highest BCUT2D eigenvalue weighted by atomic mass is 35.5. The van der Waals surface area contributed by atoms with E-state index in [1.807, 2.05) is 6.92 Å². The first-order chi connectivity index (χ1) is 19.3. The van der Waals surface area contributed by atoms with E-state index < -0.39 is 32.5 Å². The van der Waals surface area contributed by atoms with E-state index in [1.54, 1.807) is 12.1 Å². The lowest BCUT2D eigenvalue weighted by Gasteiger charge is -2.25. The molecule has 0 fully saturated rings. The molecule has 0 saturated heterocycles. The van der Waals surface area contributed by atoms with Crippen molar-refractivity contribution in [1.29, 1.82) is 0 Å². The number of hydrogen-bond donors (Lipinski definition) is 2. The van der Waals surface area contributed by atoms with E-state index in [-0.39, 0.29) is 46.9 Å². The van der Waals surface area contributed by atoms with Gasteiger partial charge in [-0.1, -0.05) is 70.2 Å². The van der Waals surface area contributed by atoms with Crippen molar-refractivity contribution in [1.82, 2.24) is 0 Å². The van der Waals surface area contributed by atoms with Crippen molar-refractivity contribution in [2.75, 3.05) is 20.9 Å². The van der Waals surface area contributed by atoms with Gasteiger partial charge in [0, 0.05) is 15.7 Å². The molecule has 14 heteroatoms.